The van der Waals surface area contributed by atoms with E-state index in [0.29, 0.717) is 23.2 Å². The first kappa shape index (κ1) is 15.7. The molecule has 1 aliphatic heterocycles. The van der Waals surface area contributed by atoms with E-state index in [0.717, 1.165) is 26.2 Å². The van der Waals surface area contributed by atoms with E-state index in [2.05, 4.69) is 23.6 Å². The third-order valence-electron chi connectivity index (χ3n) is 4.19. The minimum atomic E-state index is -0.265. The molecule has 1 aromatic rings. The second kappa shape index (κ2) is 6.85. The summed E-state index contributed by atoms with van der Waals surface area (Å²) in [4.78, 5) is 4.71. The van der Waals surface area contributed by atoms with Crippen molar-refractivity contribution in [2.24, 2.45) is 5.73 Å². The average molecular weight is 300 g/mol. The summed E-state index contributed by atoms with van der Waals surface area (Å²) in [6, 6.07) is 5.25. The maximum Gasteiger partial charge on any atom is 0.129 e. The fourth-order valence-electron chi connectivity index (χ4n) is 3.02. The van der Waals surface area contributed by atoms with Gasteiger partial charge in [-0.15, -0.1) is 0 Å². The number of likely N-dealkylation sites (N-methyl/N-ethyl adjacent to an activating group) is 1. The number of nitrogens with two attached hydrogens (primary N) is 1. The quantitative estimate of drug-likeness (QED) is 0.927. The van der Waals surface area contributed by atoms with Crippen LogP contribution in [0.15, 0.2) is 18.2 Å². The van der Waals surface area contributed by atoms with Crippen LogP contribution in [0.4, 0.5) is 4.39 Å². The van der Waals surface area contributed by atoms with E-state index < -0.39 is 0 Å². The van der Waals surface area contributed by atoms with Gasteiger partial charge in [0.1, 0.15) is 5.82 Å². The Labute approximate surface area is 125 Å². The van der Waals surface area contributed by atoms with Crippen molar-refractivity contribution in [3.05, 3.63) is 34.6 Å². The third-order valence-corrected chi connectivity index (χ3v) is 4.42. The molecule has 0 saturated carbocycles. The molecule has 1 fully saturated rings. The molecule has 1 aliphatic rings. The predicted molar refractivity (Wildman–Crippen MR) is 81.5 cm³/mol. The zero-order chi connectivity index (χ0) is 14.7. The fraction of sp³-hybridized carbons (Fsp3) is 0.600. The maximum atomic E-state index is 14.1. The molecule has 20 heavy (non-hydrogen) atoms. The Morgan fingerprint density at radius 3 is 2.75 bits per heavy atom. The first-order valence-corrected chi connectivity index (χ1v) is 7.57. The van der Waals surface area contributed by atoms with E-state index in [1.54, 1.807) is 12.1 Å². The van der Waals surface area contributed by atoms with Crippen LogP contribution in [0.25, 0.3) is 0 Å². The number of benzene rings is 1. The third kappa shape index (κ3) is 3.31. The lowest BCUT2D eigenvalue weighted by Crippen LogP contribution is -2.53. The van der Waals surface area contributed by atoms with Crippen LogP contribution in [0.5, 0.6) is 0 Å². The summed E-state index contributed by atoms with van der Waals surface area (Å²) in [6.07, 6.45) is 0. The van der Waals surface area contributed by atoms with E-state index >= 15 is 0 Å². The Morgan fingerprint density at radius 1 is 1.45 bits per heavy atom. The molecule has 3 nitrogen and oxygen atoms in total. The van der Waals surface area contributed by atoms with E-state index in [4.69, 9.17) is 17.3 Å². The highest BCUT2D eigenvalue weighted by Gasteiger charge is 2.29. The second-order valence-electron chi connectivity index (χ2n) is 5.39. The fourth-order valence-corrected chi connectivity index (χ4v) is 3.18. The van der Waals surface area contributed by atoms with Gasteiger partial charge in [0, 0.05) is 42.8 Å². The van der Waals surface area contributed by atoms with Crippen LogP contribution < -0.4 is 5.73 Å². The van der Waals surface area contributed by atoms with Crippen molar-refractivity contribution in [3.8, 4) is 0 Å². The van der Waals surface area contributed by atoms with Gasteiger partial charge in [0.15, 0.2) is 0 Å². The van der Waals surface area contributed by atoms with Gasteiger partial charge < -0.3 is 5.73 Å². The van der Waals surface area contributed by atoms with E-state index in [-0.39, 0.29) is 11.9 Å². The Morgan fingerprint density at radius 2 is 2.20 bits per heavy atom. The number of piperazine rings is 1. The lowest BCUT2D eigenvalue weighted by atomic mass is 10.0. The standard InChI is InChI=1S/C15H23ClFN3/c1-3-19-6-7-20(10-11(19)2)15(9-18)13-5-4-12(16)8-14(13)17/h4-5,8,11,15H,3,6-7,9-10,18H2,1-2H3. The minimum absolute atomic E-state index is 0.0753. The Balaban J connectivity index is 2.16. The summed E-state index contributed by atoms with van der Waals surface area (Å²) < 4.78 is 14.1. The SMILES string of the molecule is CCN1CCN(C(CN)c2ccc(Cl)cc2F)CC1C. The Kier molecular flexibility index (Phi) is 5.38. The highest BCUT2D eigenvalue weighted by molar-refractivity contribution is 6.30. The van der Waals surface area contributed by atoms with Gasteiger partial charge in [0.2, 0.25) is 0 Å². The van der Waals surface area contributed by atoms with Crippen molar-refractivity contribution in [3.63, 3.8) is 0 Å². The molecule has 2 rings (SSSR count). The van der Waals surface area contributed by atoms with Crippen LogP contribution in [-0.4, -0.2) is 48.6 Å². The zero-order valence-electron chi connectivity index (χ0n) is 12.1. The molecular formula is C15H23ClFN3. The largest absolute Gasteiger partial charge is 0.329 e. The van der Waals surface area contributed by atoms with Gasteiger partial charge in [-0.2, -0.15) is 0 Å². The zero-order valence-corrected chi connectivity index (χ0v) is 12.9. The Bertz CT molecular complexity index is 455. The van der Waals surface area contributed by atoms with E-state index in [1.165, 1.54) is 6.07 Å². The second-order valence-corrected chi connectivity index (χ2v) is 5.83. The number of rotatable bonds is 4. The van der Waals surface area contributed by atoms with Crippen LogP contribution in [-0.2, 0) is 0 Å². The van der Waals surface area contributed by atoms with Gasteiger partial charge in [0.25, 0.3) is 0 Å². The summed E-state index contributed by atoms with van der Waals surface area (Å²) in [5.74, 6) is -0.265. The molecule has 0 aliphatic carbocycles. The molecule has 0 radical (unpaired) electrons. The van der Waals surface area contributed by atoms with Crippen molar-refractivity contribution in [1.82, 2.24) is 9.80 Å². The van der Waals surface area contributed by atoms with E-state index in [9.17, 15) is 4.39 Å². The molecule has 5 heteroatoms. The molecule has 0 bridgehead atoms. The first-order chi connectivity index (χ1) is 9.56. The van der Waals surface area contributed by atoms with E-state index in [1.807, 2.05) is 0 Å². The van der Waals surface area contributed by atoms with Crippen LogP contribution in [0, 0.1) is 5.82 Å². The lowest BCUT2D eigenvalue weighted by Gasteiger charge is -2.42. The van der Waals surface area contributed by atoms with Crippen molar-refractivity contribution in [1.29, 1.82) is 0 Å². The molecule has 1 aromatic carbocycles. The smallest absolute Gasteiger partial charge is 0.129 e. The summed E-state index contributed by atoms with van der Waals surface area (Å²) in [5, 5.41) is 0.422. The molecule has 1 heterocycles. The van der Waals surface area contributed by atoms with Gasteiger partial charge in [0.05, 0.1) is 6.04 Å². The number of nitrogens with zero attached hydrogens (tertiary/aromatic N) is 2. The predicted octanol–water partition coefficient (Wildman–Crippen LogP) is 2.50. The molecule has 0 aromatic heterocycles. The summed E-state index contributed by atoms with van der Waals surface area (Å²) in [5.41, 5.74) is 6.55. The van der Waals surface area contributed by atoms with Crippen LogP contribution in [0.2, 0.25) is 5.02 Å². The van der Waals surface area contributed by atoms with Gasteiger partial charge in [-0.25, -0.2) is 4.39 Å². The number of hydrogen-bond acceptors (Lipinski definition) is 3. The summed E-state index contributed by atoms with van der Waals surface area (Å²) in [6.45, 7) is 8.69. The molecule has 0 amide bonds. The van der Waals surface area contributed by atoms with Gasteiger partial charge in [-0.05, 0) is 25.6 Å². The molecular weight excluding hydrogens is 277 g/mol. The monoisotopic (exact) mass is 299 g/mol. The van der Waals surface area contributed by atoms with Crippen molar-refractivity contribution < 1.29 is 4.39 Å². The minimum Gasteiger partial charge on any atom is -0.329 e. The topological polar surface area (TPSA) is 32.5 Å². The Hall–Kier alpha value is -0.680. The summed E-state index contributed by atoms with van der Waals surface area (Å²) >= 11 is 5.82. The van der Waals surface area contributed by atoms with Gasteiger partial charge in [-0.3, -0.25) is 9.80 Å². The maximum absolute atomic E-state index is 14.1. The average Bonchev–Trinajstić information content (AvgIpc) is 2.42. The van der Waals surface area contributed by atoms with Crippen molar-refractivity contribution in [2.45, 2.75) is 25.9 Å². The van der Waals surface area contributed by atoms with Crippen LogP contribution in [0.1, 0.15) is 25.5 Å². The molecule has 2 unspecified atom stereocenters. The van der Waals surface area contributed by atoms with Crippen molar-refractivity contribution in [2.75, 3.05) is 32.7 Å². The highest BCUT2D eigenvalue weighted by Crippen LogP contribution is 2.27. The van der Waals surface area contributed by atoms with Crippen LogP contribution in [0.3, 0.4) is 0 Å². The molecule has 0 spiro atoms. The number of hydrogen-bond donors (Lipinski definition) is 1. The van der Waals surface area contributed by atoms with Gasteiger partial charge in [-0.1, -0.05) is 24.6 Å². The van der Waals surface area contributed by atoms with Crippen molar-refractivity contribution >= 4 is 11.6 Å². The number of halogens is 2. The normalized spacial score (nSPS) is 22.9. The van der Waals surface area contributed by atoms with Crippen LogP contribution >= 0.6 is 11.6 Å². The molecule has 112 valence electrons. The molecule has 2 atom stereocenters. The molecule has 2 N–H and O–H groups in total. The van der Waals surface area contributed by atoms with Gasteiger partial charge >= 0.3 is 0 Å². The molecule has 1 saturated heterocycles. The summed E-state index contributed by atoms with van der Waals surface area (Å²) in [7, 11) is 0. The first-order valence-electron chi connectivity index (χ1n) is 7.20. The lowest BCUT2D eigenvalue weighted by molar-refractivity contribution is 0.0596. The highest BCUT2D eigenvalue weighted by atomic mass is 35.5.